The molecule has 0 aromatic heterocycles. The monoisotopic (exact) mass is 430 g/mol. The Balaban J connectivity index is 0.00000441. The van der Waals surface area contributed by atoms with Gasteiger partial charge in [-0.1, -0.05) is 12.1 Å². The number of hydrogen-bond donors (Lipinski definition) is 3. The molecule has 1 amide bonds. The largest absolute Gasteiger partial charge is 0.390 e. The van der Waals surface area contributed by atoms with Crippen LogP contribution in [-0.2, 0) is 6.54 Å². The van der Waals surface area contributed by atoms with E-state index in [0.29, 0.717) is 12.1 Å². The Kier molecular flexibility index (Phi) is 8.83. The third-order valence-corrected chi connectivity index (χ3v) is 2.62. The van der Waals surface area contributed by atoms with E-state index in [1.165, 1.54) is 7.05 Å². The highest BCUT2D eigenvalue weighted by atomic mass is 127. The molecule has 0 unspecified atom stereocenters. The Labute approximate surface area is 143 Å². The Bertz CT molecular complexity index is 503. The van der Waals surface area contributed by atoms with Gasteiger partial charge in [0.1, 0.15) is 0 Å². The van der Waals surface area contributed by atoms with Gasteiger partial charge in [0.2, 0.25) is 5.91 Å². The molecule has 0 fully saturated rings. The summed E-state index contributed by atoms with van der Waals surface area (Å²) in [6.45, 7) is 0.120. The van der Waals surface area contributed by atoms with Gasteiger partial charge in [-0.3, -0.25) is 9.79 Å². The van der Waals surface area contributed by atoms with Crippen LogP contribution in [0.1, 0.15) is 22.3 Å². The van der Waals surface area contributed by atoms with Gasteiger partial charge in [0.25, 0.3) is 0 Å². The maximum absolute atomic E-state index is 12.0. The van der Waals surface area contributed by atoms with E-state index in [0.717, 1.165) is 5.56 Å². The number of guanidine groups is 1. The number of benzene rings is 1. The van der Waals surface area contributed by atoms with E-state index < -0.39 is 18.5 Å². The number of amides is 1. The molecule has 0 saturated carbocycles. The van der Waals surface area contributed by atoms with Gasteiger partial charge in [-0.2, -0.15) is 13.2 Å². The molecule has 22 heavy (non-hydrogen) atoms. The van der Waals surface area contributed by atoms with Crippen LogP contribution in [0.5, 0.6) is 0 Å². The first-order valence-electron chi connectivity index (χ1n) is 6.22. The fraction of sp³-hybridized carbons (Fsp3) is 0.385. The van der Waals surface area contributed by atoms with Crippen molar-refractivity contribution in [2.75, 3.05) is 13.6 Å². The van der Waals surface area contributed by atoms with E-state index in [9.17, 15) is 18.0 Å². The average Bonchev–Trinajstić information content (AvgIpc) is 2.41. The van der Waals surface area contributed by atoms with Crippen molar-refractivity contribution in [1.29, 1.82) is 0 Å². The lowest BCUT2D eigenvalue weighted by Crippen LogP contribution is -2.38. The highest BCUT2D eigenvalue weighted by Gasteiger charge is 2.26. The molecule has 0 aliphatic heterocycles. The van der Waals surface area contributed by atoms with E-state index in [-0.39, 0.29) is 36.5 Å². The summed E-state index contributed by atoms with van der Waals surface area (Å²) in [7, 11) is 1.47. The van der Waals surface area contributed by atoms with Crippen molar-refractivity contribution in [1.82, 2.24) is 10.6 Å². The normalized spacial score (nSPS) is 11.5. The van der Waals surface area contributed by atoms with Crippen LogP contribution in [0.3, 0.4) is 0 Å². The van der Waals surface area contributed by atoms with Gasteiger partial charge in [0, 0.05) is 25.7 Å². The van der Waals surface area contributed by atoms with Crippen LogP contribution in [-0.4, -0.2) is 31.6 Å². The molecule has 0 heterocycles. The zero-order valence-electron chi connectivity index (χ0n) is 11.9. The Morgan fingerprint density at radius 3 is 2.27 bits per heavy atom. The summed E-state index contributed by atoms with van der Waals surface area (Å²) >= 11 is 0. The lowest BCUT2D eigenvalue weighted by Gasteiger charge is -2.13. The lowest BCUT2D eigenvalue weighted by molar-refractivity contribution is -0.132. The predicted molar refractivity (Wildman–Crippen MR) is 89.2 cm³/mol. The van der Waals surface area contributed by atoms with Gasteiger partial charge in [-0.25, -0.2) is 0 Å². The first kappa shape index (κ1) is 20.5. The minimum atomic E-state index is -4.20. The molecule has 0 spiro atoms. The number of alkyl halides is 3. The summed E-state index contributed by atoms with van der Waals surface area (Å²) in [5, 5.41) is 5.45. The van der Waals surface area contributed by atoms with E-state index in [1.54, 1.807) is 24.3 Å². The zero-order chi connectivity index (χ0) is 15.9. The Morgan fingerprint density at radius 2 is 1.82 bits per heavy atom. The van der Waals surface area contributed by atoms with Crippen LogP contribution in [0, 0.1) is 0 Å². The van der Waals surface area contributed by atoms with Crippen LogP contribution in [0.25, 0.3) is 0 Å². The van der Waals surface area contributed by atoms with Gasteiger partial charge in [0.15, 0.2) is 5.96 Å². The first-order valence-corrected chi connectivity index (χ1v) is 6.22. The van der Waals surface area contributed by atoms with Gasteiger partial charge in [0.05, 0.1) is 6.42 Å². The third kappa shape index (κ3) is 8.05. The number of carbonyl (C=O) groups excluding carboxylic acids is 1. The number of hydrogen-bond acceptors (Lipinski definition) is 2. The number of nitrogens with one attached hydrogen (secondary N) is 2. The maximum Gasteiger partial charge on any atom is 0.390 e. The third-order valence-electron chi connectivity index (χ3n) is 2.62. The number of nitrogens with zero attached hydrogens (tertiary/aromatic N) is 1. The quantitative estimate of drug-likeness (QED) is 0.380. The van der Waals surface area contributed by atoms with E-state index in [4.69, 9.17) is 5.73 Å². The predicted octanol–water partition coefficient (Wildman–Crippen LogP) is 2.02. The lowest BCUT2D eigenvalue weighted by atomic mass is 10.1. The molecular formula is C13H18F3IN4O. The minimum absolute atomic E-state index is 0. The fourth-order valence-electron chi connectivity index (χ4n) is 1.52. The van der Waals surface area contributed by atoms with Crippen LogP contribution in [0.15, 0.2) is 29.3 Å². The second-order valence-corrected chi connectivity index (χ2v) is 4.28. The van der Waals surface area contributed by atoms with Crippen molar-refractivity contribution in [2.45, 2.75) is 19.1 Å². The van der Waals surface area contributed by atoms with Gasteiger partial charge >= 0.3 is 6.18 Å². The van der Waals surface area contributed by atoms with Crippen molar-refractivity contribution < 1.29 is 18.0 Å². The van der Waals surface area contributed by atoms with Crippen molar-refractivity contribution in [3.63, 3.8) is 0 Å². The number of carbonyl (C=O) groups is 1. The maximum atomic E-state index is 12.0. The van der Waals surface area contributed by atoms with Crippen LogP contribution in [0.4, 0.5) is 13.2 Å². The van der Waals surface area contributed by atoms with Crippen molar-refractivity contribution in [3.05, 3.63) is 35.4 Å². The van der Waals surface area contributed by atoms with E-state index >= 15 is 0 Å². The molecule has 1 rings (SSSR count). The van der Waals surface area contributed by atoms with Crippen molar-refractivity contribution in [2.24, 2.45) is 10.7 Å². The first-order chi connectivity index (χ1) is 9.81. The summed E-state index contributed by atoms with van der Waals surface area (Å²) in [4.78, 5) is 14.7. The van der Waals surface area contributed by atoms with Gasteiger partial charge in [-0.05, 0) is 17.7 Å². The highest BCUT2D eigenvalue weighted by Crippen LogP contribution is 2.18. The smallest absolute Gasteiger partial charge is 0.366 e. The summed E-state index contributed by atoms with van der Waals surface area (Å²) in [5.74, 6) is -0.239. The molecule has 0 saturated heterocycles. The van der Waals surface area contributed by atoms with Crippen LogP contribution < -0.4 is 16.4 Å². The van der Waals surface area contributed by atoms with Crippen LogP contribution >= 0.6 is 24.0 Å². The number of nitrogens with two attached hydrogens (primary N) is 1. The Morgan fingerprint density at radius 1 is 1.23 bits per heavy atom. The summed E-state index contributed by atoms with van der Waals surface area (Å²) in [6, 6.07) is 6.57. The number of primary amides is 1. The summed E-state index contributed by atoms with van der Waals surface area (Å²) in [6.07, 6.45) is -5.13. The van der Waals surface area contributed by atoms with Crippen LogP contribution in [0.2, 0.25) is 0 Å². The Hall–Kier alpha value is -1.52. The van der Waals surface area contributed by atoms with Crippen molar-refractivity contribution in [3.8, 4) is 0 Å². The molecule has 5 nitrogen and oxygen atoms in total. The molecule has 0 aliphatic rings. The molecule has 0 radical (unpaired) electrons. The highest BCUT2D eigenvalue weighted by molar-refractivity contribution is 14.0. The molecule has 1 aromatic carbocycles. The second-order valence-electron chi connectivity index (χ2n) is 4.28. The number of aliphatic imine (C=N–C) groups is 1. The summed E-state index contributed by atoms with van der Waals surface area (Å²) in [5.41, 5.74) is 6.36. The van der Waals surface area contributed by atoms with Crippen molar-refractivity contribution >= 4 is 35.8 Å². The minimum Gasteiger partial charge on any atom is -0.366 e. The average molecular weight is 430 g/mol. The molecule has 9 heteroatoms. The molecule has 1 aromatic rings. The van der Waals surface area contributed by atoms with Gasteiger partial charge < -0.3 is 16.4 Å². The zero-order valence-corrected chi connectivity index (χ0v) is 14.2. The van der Waals surface area contributed by atoms with Gasteiger partial charge in [-0.15, -0.1) is 24.0 Å². The molecule has 0 bridgehead atoms. The molecule has 0 aliphatic carbocycles. The fourth-order valence-corrected chi connectivity index (χ4v) is 1.52. The summed E-state index contributed by atoms with van der Waals surface area (Å²) < 4.78 is 36.1. The molecule has 0 atom stereocenters. The molecule has 4 N–H and O–H groups in total. The SMILES string of the molecule is CN=C(NCCC(F)(F)F)NCc1ccc(C(N)=O)cc1.I. The topological polar surface area (TPSA) is 79.5 Å². The molecule has 124 valence electrons. The molecular weight excluding hydrogens is 412 g/mol. The number of halogens is 4. The standard InChI is InChI=1S/C13H17F3N4O.HI/c1-18-12(19-7-6-13(14,15)16)20-8-9-2-4-10(5-3-9)11(17)21;/h2-5H,6-8H2,1H3,(H2,17,21)(H2,18,19,20);1H. The van der Waals surface area contributed by atoms with E-state index in [1.807, 2.05) is 0 Å². The second kappa shape index (κ2) is 9.49. The van der Waals surface area contributed by atoms with E-state index in [2.05, 4.69) is 15.6 Å². The number of rotatable bonds is 5.